The van der Waals surface area contributed by atoms with Gasteiger partial charge in [0, 0.05) is 23.9 Å². The van der Waals surface area contributed by atoms with E-state index in [2.05, 4.69) is 9.97 Å². The highest BCUT2D eigenvalue weighted by molar-refractivity contribution is 5.95. The minimum absolute atomic E-state index is 0.0653. The predicted molar refractivity (Wildman–Crippen MR) is 71.5 cm³/mol. The second kappa shape index (κ2) is 4.46. The van der Waals surface area contributed by atoms with Crippen molar-refractivity contribution in [3.63, 3.8) is 0 Å². The second-order valence-electron chi connectivity index (χ2n) is 4.97. The molecule has 1 aliphatic heterocycles. The van der Waals surface area contributed by atoms with E-state index in [1.54, 1.807) is 6.20 Å². The Bertz CT molecular complexity index is 627. The van der Waals surface area contributed by atoms with Crippen molar-refractivity contribution < 1.29 is 4.79 Å². The zero-order chi connectivity index (χ0) is 13.4. The summed E-state index contributed by atoms with van der Waals surface area (Å²) in [5.74, 6) is 0.0653. The predicted octanol–water partition coefficient (Wildman–Crippen LogP) is 2.25. The van der Waals surface area contributed by atoms with Crippen LogP contribution in [0.1, 0.15) is 32.7 Å². The molecule has 4 heteroatoms. The molecule has 19 heavy (non-hydrogen) atoms. The Morgan fingerprint density at radius 3 is 2.84 bits per heavy atom. The Hall–Kier alpha value is -2.23. The maximum Gasteiger partial charge on any atom is 0.254 e. The van der Waals surface area contributed by atoms with Crippen molar-refractivity contribution in [3.05, 3.63) is 58.7 Å². The first-order valence-corrected chi connectivity index (χ1v) is 6.29. The number of rotatable bonds is 1. The lowest BCUT2D eigenvalue weighted by molar-refractivity contribution is 0.0749. The SMILES string of the molecule is Cc1ccc(C(=O)N2Cc3cncnc3C2)c(C)c1. The first-order valence-electron chi connectivity index (χ1n) is 6.29. The molecule has 2 heterocycles. The van der Waals surface area contributed by atoms with Gasteiger partial charge in [0.25, 0.3) is 5.91 Å². The summed E-state index contributed by atoms with van der Waals surface area (Å²) in [5.41, 5.74) is 4.96. The van der Waals surface area contributed by atoms with Crippen LogP contribution in [0.5, 0.6) is 0 Å². The number of benzene rings is 1. The van der Waals surface area contributed by atoms with Gasteiger partial charge in [-0.3, -0.25) is 4.79 Å². The van der Waals surface area contributed by atoms with E-state index in [0.717, 1.165) is 22.4 Å². The summed E-state index contributed by atoms with van der Waals surface area (Å²) in [6.45, 7) is 5.18. The molecule has 0 bridgehead atoms. The van der Waals surface area contributed by atoms with E-state index < -0.39 is 0 Å². The van der Waals surface area contributed by atoms with Gasteiger partial charge in [0.15, 0.2) is 0 Å². The molecule has 0 radical (unpaired) electrons. The van der Waals surface area contributed by atoms with Crippen molar-refractivity contribution in [1.82, 2.24) is 14.9 Å². The fraction of sp³-hybridized carbons (Fsp3) is 0.267. The van der Waals surface area contributed by atoms with Crippen LogP contribution in [0.15, 0.2) is 30.7 Å². The van der Waals surface area contributed by atoms with Crippen molar-refractivity contribution in [2.45, 2.75) is 26.9 Å². The molecule has 1 aromatic carbocycles. The molecule has 0 N–H and O–H groups in total. The van der Waals surface area contributed by atoms with Crippen LogP contribution in [-0.2, 0) is 13.1 Å². The molecule has 96 valence electrons. The molecule has 4 nitrogen and oxygen atoms in total. The zero-order valence-electron chi connectivity index (χ0n) is 11.1. The van der Waals surface area contributed by atoms with E-state index in [0.29, 0.717) is 13.1 Å². The number of aryl methyl sites for hydroxylation is 2. The van der Waals surface area contributed by atoms with Crippen LogP contribution in [0.25, 0.3) is 0 Å². The van der Waals surface area contributed by atoms with Gasteiger partial charge in [-0.2, -0.15) is 0 Å². The number of carbonyl (C=O) groups is 1. The summed E-state index contributed by atoms with van der Waals surface area (Å²) in [4.78, 5) is 22.6. The molecule has 3 rings (SSSR count). The molecule has 1 aromatic heterocycles. The Kier molecular flexibility index (Phi) is 2.78. The molecule has 0 saturated carbocycles. The molecular weight excluding hydrogens is 238 g/mol. The van der Waals surface area contributed by atoms with Crippen LogP contribution in [-0.4, -0.2) is 20.8 Å². The van der Waals surface area contributed by atoms with Crippen LogP contribution in [0.2, 0.25) is 0 Å². The Morgan fingerprint density at radius 1 is 1.26 bits per heavy atom. The highest BCUT2D eigenvalue weighted by Gasteiger charge is 2.25. The van der Waals surface area contributed by atoms with E-state index >= 15 is 0 Å². The van der Waals surface area contributed by atoms with E-state index in [9.17, 15) is 4.79 Å². The van der Waals surface area contributed by atoms with Gasteiger partial charge in [0.1, 0.15) is 6.33 Å². The maximum absolute atomic E-state index is 12.5. The third kappa shape index (κ3) is 2.10. The molecular formula is C15H15N3O. The highest BCUT2D eigenvalue weighted by atomic mass is 16.2. The molecule has 1 amide bonds. The lowest BCUT2D eigenvalue weighted by atomic mass is 10.0. The average molecular weight is 253 g/mol. The van der Waals surface area contributed by atoms with Gasteiger partial charge in [-0.15, -0.1) is 0 Å². The molecule has 2 aromatic rings. The molecule has 0 unspecified atom stereocenters. The molecule has 0 saturated heterocycles. The van der Waals surface area contributed by atoms with Crippen molar-refractivity contribution in [3.8, 4) is 0 Å². The van der Waals surface area contributed by atoms with Gasteiger partial charge in [0.2, 0.25) is 0 Å². The quantitative estimate of drug-likeness (QED) is 0.783. The van der Waals surface area contributed by atoms with Gasteiger partial charge in [-0.25, -0.2) is 9.97 Å². The lowest BCUT2D eigenvalue weighted by Crippen LogP contribution is -2.26. The molecule has 0 atom stereocenters. The monoisotopic (exact) mass is 253 g/mol. The number of aromatic nitrogens is 2. The Balaban J connectivity index is 1.87. The third-order valence-corrected chi connectivity index (χ3v) is 3.48. The third-order valence-electron chi connectivity index (χ3n) is 3.48. The summed E-state index contributed by atoms with van der Waals surface area (Å²) in [6, 6.07) is 5.92. The van der Waals surface area contributed by atoms with Crippen LogP contribution in [0.3, 0.4) is 0 Å². The summed E-state index contributed by atoms with van der Waals surface area (Å²) < 4.78 is 0. The fourth-order valence-electron chi connectivity index (χ4n) is 2.47. The van der Waals surface area contributed by atoms with E-state index in [1.807, 2.05) is 36.9 Å². The number of hydrogen-bond donors (Lipinski definition) is 0. The number of fused-ring (bicyclic) bond motifs is 1. The highest BCUT2D eigenvalue weighted by Crippen LogP contribution is 2.23. The van der Waals surface area contributed by atoms with Gasteiger partial charge in [0.05, 0.1) is 12.2 Å². The van der Waals surface area contributed by atoms with Crippen LogP contribution in [0.4, 0.5) is 0 Å². The maximum atomic E-state index is 12.5. The Labute approximate surface area is 112 Å². The minimum atomic E-state index is 0.0653. The first-order chi connectivity index (χ1) is 9.15. The first kappa shape index (κ1) is 11.8. The van der Waals surface area contributed by atoms with Crippen molar-refractivity contribution in [1.29, 1.82) is 0 Å². The van der Waals surface area contributed by atoms with Gasteiger partial charge >= 0.3 is 0 Å². The zero-order valence-corrected chi connectivity index (χ0v) is 11.1. The van der Waals surface area contributed by atoms with Crippen molar-refractivity contribution in [2.75, 3.05) is 0 Å². The van der Waals surface area contributed by atoms with Crippen LogP contribution >= 0.6 is 0 Å². The molecule has 1 aliphatic rings. The largest absolute Gasteiger partial charge is 0.328 e. The minimum Gasteiger partial charge on any atom is -0.328 e. The Morgan fingerprint density at radius 2 is 2.11 bits per heavy atom. The number of nitrogens with zero attached hydrogens (tertiary/aromatic N) is 3. The van der Waals surface area contributed by atoms with Gasteiger partial charge < -0.3 is 4.90 Å². The van der Waals surface area contributed by atoms with Crippen LogP contribution < -0.4 is 0 Å². The molecule has 0 spiro atoms. The number of carbonyl (C=O) groups excluding carboxylic acids is 1. The van der Waals surface area contributed by atoms with E-state index in [-0.39, 0.29) is 5.91 Å². The standard InChI is InChI=1S/C15H15N3O/c1-10-3-4-13(11(2)5-10)15(19)18-7-12-6-16-9-17-14(12)8-18/h3-6,9H,7-8H2,1-2H3. The summed E-state index contributed by atoms with van der Waals surface area (Å²) in [7, 11) is 0. The molecule has 0 aliphatic carbocycles. The summed E-state index contributed by atoms with van der Waals surface area (Å²) in [5, 5.41) is 0. The smallest absolute Gasteiger partial charge is 0.254 e. The van der Waals surface area contributed by atoms with Gasteiger partial charge in [-0.05, 0) is 25.5 Å². The average Bonchev–Trinajstić information content (AvgIpc) is 2.81. The normalized spacial score (nSPS) is 13.5. The van der Waals surface area contributed by atoms with Crippen LogP contribution in [0, 0.1) is 13.8 Å². The van der Waals surface area contributed by atoms with Gasteiger partial charge in [-0.1, -0.05) is 17.7 Å². The van der Waals surface area contributed by atoms with Crippen molar-refractivity contribution >= 4 is 5.91 Å². The fourth-order valence-corrected chi connectivity index (χ4v) is 2.47. The number of hydrogen-bond acceptors (Lipinski definition) is 3. The molecule has 0 fully saturated rings. The summed E-state index contributed by atoms with van der Waals surface area (Å²) >= 11 is 0. The second-order valence-corrected chi connectivity index (χ2v) is 4.97. The number of amides is 1. The van der Waals surface area contributed by atoms with E-state index in [1.165, 1.54) is 11.9 Å². The van der Waals surface area contributed by atoms with Crippen molar-refractivity contribution in [2.24, 2.45) is 0 Å². The summed E-state index contributed by atoms with van der Waals surface area (Å²) in [6.07, 6.45) is 3.32. The van der Waals surface area contributed by atoms with E-state index in [4.69, 9.17) is 0 Å². The lowest BCUT2D eigenvalue weighted by Gasteiger charge is -2.16. The topological polar surface area (TPSA) is 46.1 Å².